The summed E-state index contributed by atoms with van der Waals surface area (Å²) in [7, 11) is -3.39. The predicted octanol–water partition coefficient (Wildman–Crippen LogP) is 2.26. The van der Waals surface area contributed by atoms with Crippen LogP contribution in [0.25, 0.3) is 0 Å². The summed E-state index contributed by atoms with van der Waals surface area (Å²) in [6.07, 6.45) is 1.29. The average Bonchev–Trinajstić information content (AvgIpc) is 2.98. The van der Waals surface area contributed by atoms with Crippen molar-refractivity contribution in [2.45, 2.75) is 18.1 Å². The van der Waals surface area contributed by atoms with E-state index in [-0.39, 0.29) is 16.6 Å². The molecule has 2 rings (SSSR count). The van der Waals surface area contributed by atoms with Crippen LogP contribution in [-0.4, -0.2) is 18.6 Å². The van der Waals surface area contributed by atoms with Crippen molar-refractivity contribution < 1.29 is 13.3 Å². The van der Waals surface area contributed by atoms with Crippen LogP contribution in [0, 0.1) is 10.1 Å². The van der Waals surface area contributed by atoms with Gasteiger partial charge in [0.05, 0.1) is 15.9 Å². The van der Waals surface area contributed by atoms with Crippen molar-refractivity contribution in [3.8, 4) is 0 Å². The Morgan fingerprint density at radius 2 is 2.00 bits per heavy atom. The highest BCUT2D eigenvalue weighted by Crippen LogP contribution is 2.31. The lowest BCUT2D eigenvalue weighted by Crippen LogP contribution is -2.17. The zero-order valence-corrected chi connectivity index (χ0v) is 11.0. The summed E-state index contributed by atoms with van der Waals surface area (Å²) in [4.78, 5) is 10.1. The van der Waals surface area contributed by atoms with Crippen molar-refractivity contribution in [1.82, 2.24) is 0 Å². The zero-order valence-electron chi connectivity index (χ0n) is 8.59. The topological polar surface area (TPSA) is 89.3 Å². The van der Waals surface area contributed by atoms with E-state index in [1.807, 2.05) is 0 Å². The molecule has 1 aliphatic carbocycles. The standard InChI is InChI=1S/C9H9BrN2O4S/c10-6-3-7(5-8(4-6)12(13)14)11-17(15,16)9-1-2-9/h3-5,9,11H,1-2H2. The Morgan fingerprint density at radius 1 is 1.35 bits per heavy atom. The number of non-ortho nitro benzene ring substituents is 1. The summed E-state index contributed by atoms with van der Waals surface area (Å²) in [5.41, 5.74) is 0.0471. The first-order valence-electron chi connectivity index (χ1n) is 4.85. The third-order valence-corrected chi connectivity index (χ3v) is 4.64. The maximum Gasteiger partial charge on any atom is 0.272 e. The summed E-state index contributed by atoms with van der Waals surface area (Å²) < 4.78 is 26.1. The first-order valence-corrected chi connectivity index (χ1v) is 7.19. The number of benzene rings is 1. The fourth-order valence-corrected chi connectivity index (χ4v) is 3.22. The van der Waals surface area contributed by atoms with Crippen molar-refractivity contribution in [3.63, 3.8) is 0 Å². The van der Waals surface area contributed by atoms with Gasteiger partial charge in [0.25, 0.3) is 5.69 Å². The number of hydrogen-bond acceptors (Lipinski definition) is 4. The van der Waals surface area contributed by atoms with E-state index in [2.05, 4.69) is 20.7 Å². The molecule has 0 heterocycles. The Bertz CT molecular complexity index is 568. The second kappa shape index (κ2) is 4.26. The number of nitro benzene ring substituents is 1. The van der Waals surface area contributed by atoms with Crippen molar-refractivity contribution in [2.75, 3.05) is 4.72 Å². The van der Waals surface area contributed by atoms with Crippen molar-refractivity contribution in [2.24, 2.45) is 0 Å². The summed E-state index contributed by atoms with van der Waals surface area (Å²) in [5.74, 6) is 0. The molecule has 0 radical (unpaired) electrons. The van der Waals surface area contributed by atoms with Gasteiger partial charge in [-0.05, 0) is 18.9 Å². The van der Waals surface area contributed by atoms with Crippen LogP contribution in [0.4, 0.5) is 11.4 Å². The van der Waals surface area contributed by atoms with E-state index in [1.54, 1.807) is 0 Å². The van der Waals surface area contributed by atoms with Crippen molar-refractivity contribution >= 4 is 37.3 Å². The first-order chi connectivity index (χ1) is 7.88. The number of nitrogens with zero attached hydrogens (tertiary/aromatic N) is 1. The quantitative estimate of drug-likeness (QED) is 0.680. The Balaban J connectivity index is 2.29. The van der Waals surface area contributed by atoms with Crippen LogP contribution in [0.1, 0.15) is 12.8 Å². The number of nitrogens with one attached hydrogen (secondary N) is 1. The fraction of sp³-hybridized carbons (Fsp3) is 0.333. The van der Waals surface area contributed by atoms with E-state index in [1.165, 1.54) is 18.2 Å². The third-order valence-electron chi connectivity index (χ3n) is 2.32. The zero-order chi connectivity index (χ0) is 12.6. The molecule has 0 saturated heterocycles. The SMILES string of the molecule is O=[N+]([O-])c1cc(Br)cc(NS(=O)(=O)C2CC2)c1. The predicted molar refractivity (Wildman–Crippen MR) is 66.4 cm³/mol. The van der Waals surface area contributed by atoms with Gasteiger partial charge in [-0.25, -0.2) is 8.42 Å². The van der Waals surface area contributed by atoms with Gasteiger partial charge in [0.1, 0.15) is 0 Å². The minimum Gasteiger partial charge on any atom is -0.283 e. The Labute approximate surface area is 106 Å². The van der Waals surface area contributed by atoms with Gasteiger partial charge in [-0.2, -0.15) is 0 Å². The molecule has 0 unspecified atom stereocenters. The van der Waals surface area contributed by atoms with Crippen molar-refractivity contribution in [1.29, 1.82) is 0 Å². The normalized spacial score (nSPS) is 15.6. The average molecular weight is 321 g/mol. The molecule has 92 valence electrons. The maximum absolute atomic E-state index is 11.7. The number of rotatable bonds is 4. The van der Waals surface area contributed by atoms with Crippen LogP contribution in [0.15, 0.2) is 22.7 Å². The van der Waals surface area contributed by atoms with Crippen molar-refractivity contribution in [3.05, 3.63) is 32.8 Å². The number of nitro groups is 1. The lowest BCUT2D eigenvalue weighted by Gasteiger charge is -2.07. The van der Waals surface area contributed by atoms with Crippen LogP contribution >= 0.6 is 15.9 Å². The van der Waals surface area contributed by atoms with Gasteiger partial charge in [0.2, 0.25) is 10.0 Å². The Morgan fingerprint density at radius 3 is 2.53 bits per heavy atom. The molecule has 0 amide bonds. The van der Waals surface area contributed by atoms with Gasteiger partial charge in [0.15, 0.2) is 0 Å². The molecular weight excluding hydrogens is 312 g/mol. The fourth-order valence-electron chi connectivity index (χ4n) is 1.36. The number of hydrogen-bond donors (Lipinski definition) is 1. The van der Waals surface area contributed by atoms with Crippen LogP contribution in [0.2, 0.25) is 0 Å². The van der Waals surface area contributed by atoms with Crippen LogP contribution in [0.3, 0.4) is 0 Å². The molecule has 1 aliphatic rings. The highest BCUT2D eigenvalue weighted by Gasteiger charge is 2.35. The van der Waals surface area contributed by atoms with Crippen LogP contribution < -0.4 is 4.72 Å². The lowest BCUT2D eigenvalue weighted by atomic mass is 10.3. The molecule has 6 nitrogen and oxygen atoms in total. The largest absolute Gasteiger partial charge is 0.283 e. The van der Waals surface area contributed by atoms with Crippen LogP contribution in [0.5, 0.6) is 0 Å². The second-order valence-corrected chi connectivity index (χ2v) is 6.68. The van der Waals surface area contributed by atoms with E-state index in [0.29, 0.717) is 17.3 Å². The van der Waals surface area contributed by atoms with E-state index >= 15 is 0 Å². The second-order valence-electron chi connectivity index (χ2n) is 3.80. The molecule has 8 heteroatoms. The molecule has 0 atom stereocenters. The molecular formula is C9H9BrN2O4S. The minimum atomic E-state index is -3.39. The molecule has 17 heavy (non-hydrogen) atoms. The molecule has 0 aliphatic heterocycles. The molecule has 1 saturated carbocycles. The van der Waals surface area contributed by atoms with Gasteiger partial charge in [-0.3, -0.25) is 14.8 Å². The van der Waals surface area contributed by atoms with Gasteiger partial charge in [-0.1, -0.05) is 15.9 Å². The smallest absolute Gasteiger partial charge is 0.272 e. The van der Waals surface area contributed by atoms with E-state index in [0.717, 1.165) is 0 Å². The summed E-state index contributed by atoms with van der Waals surface area (Å²) >= 11 is 3.10. The minimum absolute atomic E-state index is 0.159. The molecule has 0 bridgehead atoms. The maximum atomic E-state index is 11.7. The molecule has 0 spiro atoms. The van der Waals surface area contributed by atoms with E-state index < -0.39 is 14.9 Å². The summed E-state index contributed by atoms with van der Waals surface area (Å²) in [6.45, 7) is 0. The summed E-state index contributed by atoms with van der Waals surface area (Å²) in [5, 5.41) is 10.3. The molecule has 1 aromatic rings. The molecule has 0 aromatic heterocycles. The molecule has 1 fully saturated rings. The molecule has 1 N–H and O–H groups in total. The number of anilines is 1. The van der Waals surface area contributed by atoms with Gasteiger partial charge < -0.3 is 0 Å². The van der Waals surface area contributed by atoms with E-state index in [4.69, 9.17) is 0 Å². The number of halogens is 1. The monoisotopic (exact) mass is 320 g/mol. The highest BCUT2D eigenvalue weighted by atomic mass is 79.9. The van der Waals surface area contributed by atoms with Crippen LogP contribution in [-0.2, 0) is 10.0 Å². The highest BCUT2D eigenvalue weighted by molar-refractivity contribution is 9.10. The van der Waals surface area contributed by atoms with E-state index in [9.17, 15) is 18.5 Å². The third kappa shape index (κ3) is 2.95. The summed E-state index contributed by atoms with van der Waals surface area (Å²) in [6, 6.07) is 4.01. The lowest BCUT2D eigenvalue weighted by molar-refractivity contribution is -0.384. The Hall–Kier alpha value is -1.15. The van der Waals surface area contributed by atoms with Gasteiger partial charge in [0, 0.05) is 16.6 Å². The van der Waals surface area contributed by atoms with Gasteiger partial charge in [-0.15, -0.1) is 0 Å². The number of sulfonamides is 1. The van der Waals surface area contributed by atoms with Gasteiger partial charge >= 0.3 is 0 Å². The first kappa shape index (κ1) is 12.3. The molecule has 1 aromatic carbocycles. The Kier molecular flexibility index (Phi) is 3.09.